The van der Waals surface area contributed by atoms with Crippen LogP contribution in [0.1, 0.15) is 15.9 Å². The Bertz CT molecular complexity index is 1040. The Balaban J connectivity index is 2.00. The monoisotopic (exact) mass is 411 g/mol. The van der Waals surface area contributed by atoms with E-state index in [2.05, 4.69) is 0 Å². The first-order valence-corrected chi connectivity index (χ1v) is 9.61. The number of carbonyl (C=O) groups excluding carboxylic acids is 1. The number of amides is 1. The second kappa shape index (κ2) is 9.54. The second-order valence-corrected chi connectivity index (χ2v) is 7.15. The molecular formula is C23H26FN3O3. The molecule has 0 saturated carbocycles. The van der Waals surface area contributed by atoms with Gasteiger partial charge in [-0.05, 0) is 36.4 Å². The Morgan fingerprint density at radius 3 is 2.57 bits per heavy atom. The molecule has 1 heterocycles. The number of anilines is 1. The fourth-order valence-corrected chi connectivity index (χ4v) is 3.27. The summed E-state index contributed by atoms with van der Waals surface area (Å²) in [5.74, 6) is 0.787. The van der Waals surface area contributed by atoms with Crippen molar-refractivity contribution in [1.29, 1.82) is 0 Å². The van der Waals surface area contributed by atoms with Gasteiger partial charge in [0.2, 0.25) is 0 Å². The molecule has 7 heteroatoms. The fourth-order valence-electron chi connectivity index (χ4n) is 3.27. The lowest BCUT2D eigenvalue weighted by Crippen LogP contribution is -2.34. The molecule has 158 valence electrons. The highest BCUT2D eigenvalue weighted by atomic mass is 19.1. The summed E-state index contributed by atoms with van der Waals surface area (Å²) in [6, 6.07) is 13.4. The quantitative estimate of drug-likeness (QED) is 0.565. The number of methoxy groups -OCH3 is 2. The molecule has 30 heavy (non-hydrogen) atoms. The third-order valence-electron chi connectivity index (χ3n) is 4.79. The smallest absolute Gasteiger partial charge is 0.254 e. The van der Waals surface area contributed by atoms with Gasteiger partial charge < -0.3 is 19.3 Å². The van der Waals surface area contributed by atoms with E-state index in [1.54, 1.807) is 25.2 Å². The molecule has 0 radical (unpaired) electrons. The summed E-state index contributed by atoms with van der Waals surface area (Å²) in [5, 5.41) is 0.946. The molecule has 1 aromatic heterocycles. The molecule has 6 nitrogen and oxygen atoms in total. The Kier molecular flexibility index (Phi) is 6.84. The van der Waals surface area contributed by atoms with Crippen LogP contribution in [0, 0.1) is 5.82 Å². The van der Waals surface area contributed by atoms with Gasteiger partial charge in [0.1, 0.15) is 17.4 Å². The Morgan fingerprint density at radius 1 is 1.10 bits per heavy atom. The molecule has 3 aromatic rings. The van der Waals surface area contributed by atoms with E-state index < -0.39 is 5.82 Å². The van der Waals surface area contributed by atoms with Crippen LogP contribution in [0.5, 0.6) is 5.75 Å². The minimum Gasteiger partial charge on any atom is -0.497 e. The van der Waals surface area contributed by atoms with Gasteiger partial charge in [-0.3, -0.25) is 4.79 Å². The summed E-state index contributed by atoms with van der Waals surface area (Å²) in [7, 11) is 7.02. The van der Waals surface area contributed by atoms with Crippen molar-refractivity contribution in [1.82, 2.24) is 9.88 Å². The van der Waals surface area contributed by atoms with E-state index in [4.69, 9.17) is 14.5 Å². The van der Waals surface area contributed by atoms with Crippen molar-refractivity contribution in [2.45, 2.75) is 6.54 Å². The summed E-state index contributed by atoms with van der Waals surface area (Å²) in [5.41, 5.74) is 2.00. The number of ether oxygens (including phenoxy) is 2. The van der Waals surface area contributed by atoms with Crippen LogP contribution in [-0.2, 0) is 11.3 Å². The number of carbonyl (C=O) groups is 1. The fraction of sp³-hybridized carbons (Fsp3) is 0.304. The predicted molar refractivity (Wildman–Crippen MR) is 116 cm³/mol. The van der Waals surface area contributed by atoms with Crippen molar-refractivity contribution >= 4 is 22.6 Å². The van der Waals surface area contributed by atoms with E-state index in [0.717, 1.165) is 28.0 Å². The highest BCUT2D eigenvalue weighted by Gasteiger charge is 2.20. The number of nitrogens with zero attached hydrogens (tertiary/aromatic N) is 3. The molecular weight excluding hydrogens is 385 g/mol. The average molecular weight is 411 g/mol. The zero-order valence-corrected chi connectivity index (χ0v) is 17.7. The number of pyridine rings is 1. The van der Waals surface area contributed by atoms with Crippen molar-refractivity contribution in [3.05, 3.63) is 65.5 Å². The lowest BCUT2D eigenvalue weighted by Gasteiger charge is -2.25. The third kappa shape index (κ3) is 4.86. The number of aromatic nitrogens is 1. The van der Waals surface area contributed by atoms with Gasteiger partial charge in [-0.25, -0.2) is 9.37 Å². The molecule has 0 bridgehead atoms. The molecule has 0 spiro atoms. The van der Waals surface area contributed by atoms with Crippen molar-refractivity contribution < 1.29 is 18.7 Å². The summed E-state index contributed by atoms with van der Waals surface area (Å²) in [4.78, 5) is 21.4. The number of fused-ring (bicyclic) bond motifs is 1. The molecule has 1 amide bonds. The third-order valence-corrected chi connectivity index (χ3v) is 4.79. The first-order chi connectivity index (χ1) is 14.4. The van der Waals surface area contributed by atoms with E-state index in [-0.39, 0.29) is 5.91 Å². The first-order valence-electron chi connectivity index (χ1n) is 9.61. The molecule has 3 rings (SSSR count). The maximum atomic E-state index is 13.7. The van der Waals surface area contributed by atoms with Gasteiger partial charge >= 0.3 is 0 Å². The summed E-state index contributed by atoms with van der Waals surface area (Å²) < 4.78 is 24.1. The maximum Gasteiger partial charge on any atom is 0.254 e. The highest BCUT2D eigenvalue weighted by molar-refractivity contribution is 5.94. The van der Waals surface area contributed by atoms with Crippen LogP contribution in [0.3, 0.4) is 0 Å². The molecule has 0 unspecified atom stereocenters. The molecule has 0 saturated heterocycles. The minimum absolute atomic E-state index is 0.258. The van der Waals surface area contributed by atoms with Crippen LogP contribution >= 0.6 is 0 Å². The zero-order chi connectivity index (χ0) is 21.7. The summed E-state index contributed by atoms with van der Waals surface area (Å²) >= 11 is 0. The molecule has 0 N–H and O–H groups in total. The van der Waals surface area contributed by atoms with Crippen LogP contribution in [-0.4, -0.2) is 57.3 Å². The molecule has 2 aromatic carbocycles. The Hall–Kier alpha value is -3.19. The normalized spacial score (nSPS) is 10.8. The number of hydrogen-bond donors (Lipinski definition) is 0. The molecule has 0 aliphatic heterocycles. The van der Waals surface area contributed by atoms with Crippen LogP contribution in [0.25, 0.3) is 10.9 Å². The van der Waals surface area contributed by atoms with Crippen molar-refractivity contribution in [2.75, 3.05) is 46.4 Å². The van der Waals surface area contributed by atoms with Crippen molar-refractivity contribution in [3.8, 4) is 5.75 Å². The van der Waals surface area contributed by atoms with Gasteiger partial charge in [0.25, 0.3) is 5.91 Å². The summed E-state index contributed by atoms with van der Waals surface area (Å²) in [6.07, 6.45) is 0. The minimum atomic E-state index is -0.442. The largest absolute Gasteiger partial charge is 0.497 e. The lowest BCUT2D eigenvalue weighted by molar-refractivity contribution is 0.0680. The van der Waals surface area contributed by atoms with Gasteiger partial charge in [0, 0.05) is 56.9 Å². The Labute approximate surface area is 175 Å². The SMILES string of the molecule is COCCN(Cc1cc2ccc(OC)cc2nc1N(C)C)C(=O)c1cccc(F)c1. The average Bonchev–Trinajstić information content (AvgIpc) is 2.75. The van der Waals surface area contributed by atoms with Gasteiger partial charge in [-0.1, -0.05) is 6.07 Å². The van der Waals surface area contributed by atoms with Crippen LogP contribution < -0.4 is 9.64 Å². The lowest BCUT2D eigenvalue weighted by atomic mass is 10.1. The second-order valence-electron chi connectivity index (χ2n) is 7.15. The summed E-state index contributed by atoms with van der Waals surface area (Å²) in [6.45, 7) is 1.07. The van der Waals surface area contributed by atoms with Crippen molar-refractivity contribution in [3.63, 3.8) is 0 Å². The van der Waals surface area contributed by atoms with E-state index in [1.165, 1.54) is 18.2 Å². The topological polar surface area (TPSA) is 54.9 Å². The zero-order valence-electron chi connectivity index (χ0n) is 17.7. The number of halogens is 1. The number of rotatable bonds is 8. The van der Waals surface area contributed by atoms with E-state index >= 15 is 0 Å². The molecule has 0 fully saturated rings. The number of benzene rings is 2. The van der Waals surface area contributed by atoms with Crippen LogP contribution in [0.4, 0.5) is 10.2 Å². The first kappa shape index (κ1) is 21.5. The van der Waals surface area contributed by atoms with E-state index in [1.807, 2.05) is 43.3 Å². The van der Waals surface area contributed by atoms with E-state index in [0.29, 0.717) is 25.3 Å². The standard InChI is InChI=1S/C23H26FN3O3/c1-26(2)22-18(12-16-8-9-20(30-4)14-21(16)25-22)15-27(10-11-29-3)23(28)17-6-5-7-19(24)13-17/h5-9,12-14H,10-11,15H2,1-4H3. The van der Waals surface area contributed by atoms with Gasteiger partial charge in [0.05, 0.1) is 19.2 Å². The van der Waals surface area contributed by atoms with Crippen LogP contribution in [0.15, 0.2) is 48.5 Å². The Morgan fingerprint density at radius 2 is 1.90 bits per heavy atom. The maximum absolute atomic E-state index is 13.7. The predicted octanol–water partition coefficient (Wildman–Crippen LogP) is 3.74. The van der Waals surface area contributed by atoms with E-state index in [9.17, 15) is 9.18 Å². The van der Waals surface area contributed by atoms with Gasteiger partial charge in [-0.2, -0.15) is 0 Å². The highest BCUT2D eigenvalue weighted by Crippen LogP contribution is 2.27. The van der Waals surface area contributed by atoms with Crippen molar-refractivity contribution in [2.24, 2.45) is 0 Å². The molecule has 0 aliphatic carbocycles. The van der Waals surface area contributed by atoms with Gasteiger partial charge in [-0.15, -0.1) is 0 Å². The van der Waals surface area contributed by atoms with Crippen LogP contribution in [0.2, 0.25) is 0 Å². The number of hydrogen-bond acceptors (Lipinski definition) is 5. The molecule has 0 aliphatic rings. The molecule has 0 atom stereocenters. The van der Waals surface area contributed by atoms with Gasteiger partial charge in [0.15, 0.2) is 0 Å².